The van der Waals surface area contributed by atoms with Crippen LogP contribution in [0.15, 0.2) is 27.4 Å². The van der Waals surface area contributed by atoms with Crippen molar-refractivity contribution < 1.29 is 4.42 Å². The molecule has 92 valence electrons. The topological polar surface area (TPSA) is 77.0 Å². The van der Waals surface area contributed by atoms with Gasteiger partial charge in [0.15, 0.2) is 5.58 Å². The van der Waals surface area contributed by atoms with Crippen LogP contribution in [0.1, 0.15) is 0 Å². The minimum atomic E-state index is -0.373. The average molecular weight is 263 g/mol. The van der Waals surface area contributed by atoms with Gasteiger partial charge in [-0.05, 0) is 17.3 Å². The first-order valence-electron chi connectivity index (χ1n) is 5.15. The Balaban J connectivity index is 2.11. The molecule has 0 radical (unpaired) electrons. The van der Waals surface area contributed by atoms with Crippen molar-refractivity contribution in [3.05, 3.63) is 28.7 Å². The predicted octanol–water partition coefficient (Wildman–Crippen LogP) is 1.15. The lowest BCUT2D eigenvalue weighted by atomic mass is 10.2. The first-order valence-corrected chi connectivity index (χ1v) is 5.92. The third-order valence-electron chi connectivity index (χ3n) is 2.74. The Kier molecular flexibility index (Phi) is 2.37. The second-order valence-electron chi connectivity index (χ2n) is 3.78. The van der Waals surface area contributed by atoms with Crippen LogP contribution in [0.5, 0.6) is 0 Å². The van der Waals surface area contributed by atoms with Gasteiger partial charge in [-0.1, -0.05) is 9.59 Å². The van der Waals surface area contributed by atoms with Crippen LogP contribution < -0.4 is 10.7 Å². The van der Waals surface area contributed by atoms with E-state index in [4.69, 9.17) is 4.42 Å². The molecule has 0 saturated carbocycles. The number of anilines is 2. The van der Waals surface area contributed by atoms with Crippen molar-refractivity contribution in [2.45, 2.75) is 0 Å². The number of oxazole rings is 1. The Labute approximate surface area is 105 Å². The van der Waals surface area contributed by atoms with Gasteiger partial charge in [-0.2, -0.15) is 0 Å². The smallest absolute Gasteiger partial charge is 0.408 e. The molecule has 8 heteroatoms. The molecule has 0 spiro atoms. The van der Waals surface area contributed by atoms with Crippen molar-refractivity contribution in [1.82, 2.24) is 19.4 Å². The van der Waals surface area contributed by atoms with E-state index < -0.39 is 0 Å². The van der Waals surface area contributed by atoms with E-state index in [1.54, 1.807) is 13.1 Å². The largest absolute Gasteiger partial charge is 0.419 e. The summed E-state index contributed by atoms with van der Waals surface area (Å²) in [5, 5.41) is 8.10. The third-order valence-corrected chi connectivity index (χ3v) is 3.41. The minimum Gasteiger partial charge on any atom is -0.408 e. The summed E-state index contributed by atoms with van der Waals surface area (Å²) in [6.07, 6.45) is 0. The van der Waals surface area contributed by atoms with E-state index in [-0.39, 0.29) is 5.76 Å². The number of rotatable bonds is 2. The molecule has 1 aromatic carbocycles. The van der Waals surface area contributed by atoms with Crippen molar-refractivity contribution in [3.8, 4) is 0 Å². The molecule has 0 amide bonds. The molecule has 0 aliphatic carbocycles. The molecule has 3 aromatic rings. The summed E-state index contributed by atoms with van der Waals surface area (Å²) in [5.74, 6) is -0.373. The van der Waals surface area contributed by atoms with Crippen LogP contribution in [-0.2, 0) is 7.05 Å². The zero-order valence-electron chi connectivity index (χ0n) is 9.69. The van der Waals surface area contributed by atoms with Crippen LogP contribution >= 0.6 is 11.5 Å². The normalized spacial score (nSPS) is 11.0. The Morgan fingerprint density at radius 1 is 1.44 bits per heavy atom. The molecule has 7 nitrogen and oxygen atoms in total. The number of benzene rings is 1. The Morgan fingerprint density at radius 2 is 2.28 bits per heavy atom. The van der Waals surface area contributed by atoms with E-state index >= 15 is 0 Å². The molecular weight excluding hydrogens is 254 g/mol. The van der Waals surface area contributed by atoms with Gasteiger partial charge in [0.1, 0.15) is 0 Å². The quantitative estimate of drug-likeness (QED) is 0.690. The Bertz CT molecular complexity index is 745. The first-order chi connectivity index (χ1) is 8.66. The lowest BCUT2D eigenvalue weighted by molar-refractivity contribution is 0.528. The third kappa shape index (κ3) is 1.58. The van der Waals surface area contributed by atoms with Crippen molar-refractivity contribution in [1.29, 1.82) is 0 Å². The predicted molar refractivity (Wildman–Crippen MR) is 67.2 cm³/mol. The van der Waals surface area contributed by atoms with Gasteiger partial charge in [-0.15, -0.1) is 0 Å². The zero-order valence-corrected chi connectivity index (χ0v) is 10.5. The van der Waals surface area contributed by atoms with Crippen LogP contribution in [0, 0.1) is 0 Å². The van der Waals surface area contributed by atoms with Crippen LogP contribution in [-0.4, -0.2) is 26.4 Å². The maximum atomic E-state index is 11.4. The molecule has 0 aliphatic rings. The monoisotopic (exact) mass is 263 g/mol. The lowest BCUT2D eigenvalue weighted by Gasteiger charge is -2.13. The average Bonchev–Trinajstić information content (AvgIpc) is 2.98. The van der Waals surface area contributed by atoms with Gasteiger partial charge in [-0.25, -0.2) is 4.79 Å². The summed E-state index contributed by atoms with van der Waals surface area (Å²) in [7, 11) is 3.52. The van der Waals surface area contributed by atoms with Gasteiger partial charge in [-0.3, -0.25) is 4.57 Å². The van der Waals surface area contributed by atoms with Gasteiger partial charge in [0.2, 0.25) is 5.13 Å². The van der Waals surface area contributed by atoms with E-state index in [1.165, 1.54) is 16.1 Å². The maximum absolute atomic E-state index is 11.4. The van der Waals surface area contributed by atoms with Crippen LogP contribution in [0.4, 0.5) is 10.8 Å². The second-order valence-corrected chi connectivity index (χ2v) is 4.49. The highest BCUT2D eigenvalue weighted by Crippen LogP contribution is 2.26. The van der Waals surface area contributed by atoms with Gasteiger partial charge in [0.25, 0.3) is 0 Å². The van der Waals surface area contributed by atoms with Crippen molar-refractivity contribution >= 4 is 33.5 Å². The maximum Gasteiger partial charge on any atom is 0.419 e. The summed E-state index contributed by atoms with van der Waals surface area (Å²) in [6.45, 7) is 0. The standard InChI is InChI=1S/C10H9N5O2S/c1-14(9-11-12-13-18-9)6-3-4-7-8(5-6)17-10(16)15(7)2/h3-5H,1-2H3. The van der Waals surface area contributed by atoms with E-state index in [9.17, 15) is 4.79 Å². The summed E-state index contributed by atoms with van der Waals surface area (Å²) < 4.78 is 10.3. The molecule has 3 rings (SSSR count). The highest BCUT2D eigenvalue weighted by atomic mass is 32.1. The fourth-order valence-corrected chi connectivity index (χ4v) is 2.15. The number of fused-ring (bicyclic) bond motifs is 1. The Hall–Kier alpha value is -2.22. The van der Waals surface area contributed by atoms with Gasteiger partial charge in [0.05, 0.1) is 5.52 Å². The summed E-state index contributed by atoms with van der Waals surface area (Å²) in [6, 6.07) is 5.51. The summed E-state index contributed by atoms with van der Waals surface area (Å²) in [5.41, 5.74) is 2.16. The number of hydrogen-bond donors (Lipinski definition) is 0. The molecule has 0 aliphatic heterocycles. The van der Waals surface area contributed by atoms with Crippen molar-refractivity contribution in [2.24, 2.45) is 7.05 Å². The van der Waals surface area contributed by atoms with Crippen molar-refractivity contribution in [2.75, 3.05) is 11.9 Å². The zero-order chi connectivity index (χ0) is 12.7. The minimum absolute atomic E-state index is 0.373. The molecule has 0 fully saturated rings. The SMILES string of the molecule is CN(c1ccc2c(c1)oc(=O)n2C)c1nnns1. The fourth-order valence-electron chi connectivity index (χ4n) is 1.70. The molecule has 0 atom stereocenters. The van der Waals surface area contributed by atoms with E-state index in [1.807, 2.05) is 24.1 Å². The number of aryl methyl sites for hydroxylation is 1. The number of nitrogens with zero attached hydrogens (tertiary/aromatic N) is 5. The molecule has 0 saturated heterocycles. The molecular formula is C10H9N5O2S. The molecule has 0 unspecified atom stereocenters. The Morgan fingerprint density at radius 3 is 3.00 bits per heavy atom. The fraction of sp³-hybridized carbons (Fsp3) is 0.200. The van der Waals surface area contributed by atoms with E-state index in [2.05, 4.69) is 14.8 Å². The van der Waals surface area contributed by atoms with E-state index in [0.29, 0.717) is 10.7 Å². The van der Waals surface area contributed by atoms with Gasteiger partial charge >= 0.3 is 5.76 Å². The van der Waals surface area contributed by atoms with Crippen LogP contribution in [0.2, 0.25) is 0 Å². The highest BCUT2D eigenvalue weighted by molar-refractivity contribution is 7.09. The van der Waals surface area contributed by atoms with Crippen LogP contribution in [0.3, 0.4) is 0 Å². The first kappa shape index (κ1) is 10.9. The second kappa shape index (κ2) is 3.91. The van der Waals surface area contributed by atoms with E-state index in [0.717, 1.165) is 11.2 Å². The molecule has 2 aromatic heterocycles. The van der Waals surface area contributed by atoms with Gasteiger partial charge in [0, 0.05) is 37.4 Å². The molecule has 2 heterocycles. The van der Waals surface area contributed by atoms with Crippen molar-refractivity contribution in [3.63, 3.8) is 0 Å². The molecule has 0 N–H and O–H groups in total. The van der Waals surface area contributed by atoms with Gasteiger partial charge < -0.3 is 9.32 Å². The number of hydrogen-bond acceptors (Lipinski definition) is 7. The summed E-state index contributed by atoms with van der Waals surface area (Å²) >= 11 is 1.20. The number of aromatic nitrogens is 4. The highest BCUT2D eigenvalue weighted by Gasteiger charge is 2.11. The molecule has 18 heavy (non-hydrogen) atoms. The lowest BCUT2D eigenvalue weighted by Crippen LogP contribution is -2.09. The van der Waals surface area contributed by atoms with Crippen LogP contribution in [0.25, 0.3) is 11.1 Å². The molecule has 0 bridgehead atoms. The summed E-state index contributed by atoms with van der Waals surface area (Å²) in [4.78, 5) is 13.2.